The van der Waals surface area contributed by atoms with Crippen molar-refractivity contribution in [2.75, 3.05) is 13.2 Å². The molecule has 2 aromatic heterocycles. The molecule has 0 aliphatic heterocycles. The number of ketones is 1. The van der Waals surface area contributed by atoms with Crippen molar-refractivity contribution in [2.45, 2.75) is 20.3 Å². The van der Waals surface area contributed by atoms with Gasteiger partial charge in [0.05, 0.1) is 16.3 Å². The number of hydrogen-bond acceptors (Lipinski definition) is 7. The quantitative estimate of drug-likeness (QED) is 0.450. The standard InChI is InChI=1S/C20H20N4O4S/c1-13-19(23-24(22-13)15-6-4-3-5-7-15)20(27)28-12-17(26)18-9-8-16(29-18)10-11-21-14(2)25/h3-9H,10-12H2,1-2H3,(H,21,25). The molecule has 0 aliphatic rings. The van der Waals surface area contributed by atoms with Gasteiger partial charge in [0, 0.05) is 18.3 Å². The zero-order chi connectivity index (χ0) is 20.8. The zero-order valence-corrected chi connectivity index (χ0v) is 16.9. The van der Waals surface area contributed by atoms with Gasteiger partial charge in [0.25, 0.3) is 0 Å². The summed E-state index contributed by atoms with van der Waals surface area (Å²) in [6.07, 6.45) is 0.638. The number of benzene rings is 1. The van der Waals surface area contributed by atoms with Crippen LogP contribution in [0.25, 0.3) is 5.69 Å². The van der Waals surface area contributed by atoms with E-state index in [1.807, 2.05) is 36.4 Å². The third-order valence-electron chi connectivity index (χ3n) is 3.98. The largest absolute Gasteiger partial charge is 0.452 e. The van der Waals surface area contributed by atoms with Crippen molar-refractivity contribution in [3.63, 3.8) is 0 Å². The number of aryl methyl sites for hydroxylation is 1. The van der Waals surface area contributed by atoms with Gasteiger partial charge in [0.2, 0.25) is 11.7 Å². The molecule has 1 N–H and O–H groups in total. The van der Waals surface area contributed by atoms with Crippen molar-refractivity contribution >= 4 is 29.0 Å². The molecule has 0 aliphatic carbocycles. The van der Waals surface area contributed by atoms with Gasteiger partial charge in [-0.05, 0) is 37.6 Å². The van der Waals surface area contributed by atoms with E-state index in [4.69, 9.17) is 4.74 Å². The van der Waals surface area contributed by atoms with Crippen LogP contribution < -0.4 is 5.32 Å². The molecule has 8 nitrogen and oxygen atoms in total. The molecule has 0 fully saturated rings. The number of ether oxygens (including phenoxy) is 1. The molecule has 0 radical (unpaired) electrons. The predicted molar refractivity (Wildman–Crippen MR) is 107 cm³/mol. The third kappa shape index (κ3) is 5.35. The summed E-state index contributed by atoms with van der Waals surface area (Å²) in [5, 5.41) is 11.1. The molecule has 0 saturated carbocycles. The molecule has 150 valence electrons. The van der Waals surface area contributed by atoms with E-state index in [2.05, 4.69) is 15.5 Å². The Bertz CT molecular complexity index is 1030. The van der Waals surface area contributed by atoms with Gasteiger partial charge in [0.1, 0.15) is 0 Å². The highest BCUT2D eigenvalue weighted by molar-refractivity contribution is 7.14. The highest BCUT2D eigenvalue weighted by Crippen LogP contribution is 2.18. The highest BCUT2D eigenvalue weighted by Gasteiger charge is 2.20. The first-order valence-electron chi connectivity index (χ1n) is 8.97. The molecule has 3 aromatic rings. The Morgan fingerprint density at radius 3 is 2.59 bits per heavy atom. The molecule has 0 unspecified atom stereocenters. The molecule has 2 heterocycles. The van der Waals surface area contributed by atoms with Crippen LogP contribution in [0.15, 0.2) is 42.5 Å². The number of amides is 1. The van der Waals surface area contributed by atoms with Crippen LogP contribution in [0.5, 0.6) is 0 Å². The number of nitrogens with zero attached hydrogens (tertiary/aromatic N) is 3. The van der Waals surface area contributed by atoms with Crippen LogP contribution in [0.1, 0.15) is 37.7 Å². The van der Waals surface area contributed by atoms with Crippen molar-refractivity contribution in [3.05, 3.63) is 63.6 Å². The molecular weight excluding hydrogens is 392 g/mol. The maximum absolute atomic E-state index is 12.3. The van der Waals surface area contributed by atoms with Crippen LogP contribution in [0, 0.1) is 6.92 Å². The summed E-state index contributed by atoms with van der Waals surface area (Å²) >= 11 is 1.32. The van der Waals surface area contributed by atoms with E-state index in [1.165, 1.54) is 23.1 Å². The van der Waals surface area contributed by atoms with Crippen molar-refractivity contribution in [3.8, 4) is 5.69 Å². The van der Waals surface area contributed by atoms with Gasteiger partial charge in [-0.2, -0.15) is 9.90 Å². The molecule has 0 atom stereocenters. The summed E-state index contributed by atoms with van der Waals surface area (Å²) in [6.45, 7) is 3.25. The summed E-state index contributed by atoms with van der Waals surface area (Å²) < 4.78 is 5.14. The molecule has 0 bridgehead atoms. The molecule has 1 aromatic carbocycles. The first kappa shape index (κ1) is 20.4. The number of Topliss-reactive ketones (excluding diaryl/α,β-unsaturated/α-hetero) is 1. The predicted octanol–water partition coefficient (Wildman–Crippen LogP) is 2.36. The van der Waals surface area contributed by atoms with Crippen LogP contribution in [0.4, 0.5) is 0 Å². The van der Waals surface area contributed by atoms with E-state index in [1.54, 1.807) is 13.0 Å². The fourth-order valence-electron chi connectivity index (χ4n) is 2.54. The average molecular weight is 412 g/mol. The maximum Gasteiger partial charge on any atom is 0.361 e. The van der Waals surface area contributed by atoms with E-state index in [0.29, 0.717) is 23.5 Å². The van der Waals surface area contributed by atoms with Gasteiger partial charge in [-0.25, -0.2) is 4.79 Å². The Kier molecular flexibility index (Phi) is 6.50. The lowest BCUT2D eigenvalue weighted by molar-refractivity contribution is -0.118. The molecule has 9 heteroatoms. The fraction of sp³-hybridized carbons (Fsp3) is 0.250. The van der Waals surface area contributed by atoms with E-state index in [9.17, 15) is 14.4 Å². The number of thiophene rings is 1. The SMILES string of the molecule is CC(=O)NCCc1ccc(C(=O)COC(=O)c2nn(-c3ccccc3)nc2C)s1. The van der Waals surface area contributed by atoms with Gasteiger partial charge in [0.15, 0.2) is 12.3 Å². The number of aromatic nitrogens is 3. The van der Waals surface area contributed by atoms with Gasteiger partial charge < -0.3 is 10.1 Å². The number of para-hydroxylation sites is 1. The van der Waals surface area contributed by atoms with E-state index in [-0.39, 0.29) is 24.0 Å². The number of esters is 1. The topological polar surface area (TPSA) is 103 Å². The van der Waals surface area contributed by atoms with Gasteiger partial charge in [-0.1, -0.05) is 18.2 Å². The summed E-state index contributed by atoms with van der Waals surface area (Å²) in [5.41, 5.74) is 1.21. The van der Waals surface area contributed by atoms with Crippen LogP contribution >= 0.6 is 11.3 Å². The Hall–Kier alpha value is -3.33. The average Bonchev–Trinajstić information content (AvgIpc) is 3.33. The van der Waals surface area contributed by atoms with Crippen molar-refractivity contribution < 1.29 is 19.1 Å². The molecule has 1 amide bonds. The lowest BCUT2D eigenvalue weighted by atomic mass is 10.3. The van der Waals surface area contributed by atoms with E-state index < -0.39 is 5.97 Å². The first-order chi connectivity index (χ1) is 13.9. The third-order valence-corrected chi connectivity index (χ3v) is 5.16. The molecule has 0 saturated heterocycles. The normalized spacial score (nSPS) is 10.6. The number of nitrogens with one attached hydrogen (secondary N) is 1. The summed E-state index contributed by atoms with van der Waals surface area (Å²) in [6, 6.07) is 12.7. The zero-order valence-electron chi connectivity index (χ0n) is 16.0. The summed E-state index contributed by atoms with van der Waals surface area (Å²) in [7, 11) is 0. The number of rotatable bonds is 8. The molecule has 3 rings (SSSR count). The smallest absolute Gasteiger partial charge is 0.361 e. The van der Waals surface area contributed by atoms with Crippen LogP contribution in [-0.2, 0) is 16.0 Å². The first-order valence-corrected chi connectivity index (χ1v) is 9.78. The van der Waals surface area contributed by atoms with Crippen molar-refractivity contribution in [2.24, 2.45) is 0 Å². The second kappa shape index (κ2) is 9.24. The summed E-state index contributed by atoms with van der Waals surface area (Å²) in [5.74, 6) is -1.08. The van der Waals surface area contributed by atoms with Crippen molar-refractivity contribution in [1.82, 2.24) is 20.3 Å². The number of carbonyl (C=O) groups excluding carboxylic acids is 3. The Labute approximate surface area is 171 Å². The minimum absolute atomic E-state index is 0.0730. The minimum atomic E-state index is -0.694. The van der Waals surface area contributed by atoms with Gasteiger partial charge in [-0.3, -0.25) is 9.59 Å². The van der Waals surface area contributed by atoms with Gasteiger partial charge >= 0.3 is 5.97 Å². The number of carbonyl (C=O) groups is 3. The van der Waals surface area contributed by atoms with Gasteiger partial charge in [-0.15, -0.1) is 16.4 Å². The van der Waals surface area contributed by atoms with E-state index in [0.717, 1.165) is 10.6 Å². The van der Waals surface area contributed by atoms with Crippen LogP contribution in [-0.4, -0.2) is 45.8 Å². The molecular formula is C20H20N4O4S. The maximum atomic E-state index is 12.3. The second-order valence-corrected chi connectivity index (χ2v) is 7.43. The molecule has 29 heavy (non-hydrogen) atoms. The summed E-state index contributed by atoms with van der Waals surface area (Å²) in [4.78, 5) is 38.4. The highest BCUT2D eigenvalue weighted by atomic mass is 32.1. The van der Waals surface area contributed by atoms with E-state index >= 15 is 0 Å². The molecule has 0 spiro atoms. The Morgan fingerprint density at radius 2 is 1.86 bits per heavy atom. The lowest BCUT2D eigenvalue weighted by Crippen LogP contribution is -2.22. The minimum Gasteiger partial charge on any atom is -0.452 e. The Balaban J connectivity index is 1.57. The van der Waals surface area contributed by atoms with Crippen molar-refractivity contribution in [1.29, 1.82) is 0 Å². The lowest BCUT2D eigenvalue weighted by Gasteiger charge is -2.01. The van der Waals surface area contributed by atoms with Crippen LogP contribution in [0.3, 0.4) is 0 Å². The monoisotopic (exact) mass is 412 g/mol. The second-order valence-electron chi connectivity index (χ2n) is 6.26. The number of hydrogen-bond donors (Lipinski definition) is 1. The Morgan fingerprint density at radius 1 is 1.10 bits per heavy atom. The fourth-order valence-corrected chi connectivity index (χ4v) is 3.47. The van der Waals surface area contributed by atoms with Crippen LogP contribution in [0.2, 0.25) is 0 Å².